The zero-order valence-electron chi connectivity index (χ0n) is 13.3. The first-order valence-electron chi connectivity index (χ1n) is 7.68. The second-order valence-electron chi connectivity index (χ2n) is 5.59. The fourth-order valence-electron chi connectivity index (χ4n) is 2.62. The summed E-state index contributed by atoms with van der Waals surface area (Å²) in [4.78, 5) is 14.2. The van der Waals surface area contributed by atoms with E-state index < -0.39 is 11.7 Å². The number of nitrogens with one attached hydrogen (secondary N) is 1. The highest BCUT2D eigenvalue weighted by molar-refractivity contribution is 5.92. The Balaban J connectivity index is 0.00000225. The van der Waals surface area contributed by atoms with Crippen LogP contribution in [0.3, 0.4) is 0 Å². The number of rotatable bonds is 2. The summed E-state index contributed by atoms with van der Waals surface area (Å²) >= 11 is 0. The van der Waals surface area contributed by atoms with Gasteiger partial charge in [0.05, 0.1) is 11.3 Å². The highest BCUT2D eigenvalue weighted by Crippen LogP contribution is 2.30. The van der Waals surface area contributed by atoms with Gasteiger partial charge >= 0.3 is 6.18 Å². The quantitative estimate of drug-likeness (QED) is 0.879. The van der Waals surface area contributed by atoms with Crippen LogP contribution < -0.4 is 5.32 Å². The van der Waals surface area contributed by atoms with Crippen LogP contribution in [0.15, 0.2) is 36.5 Å². The summed E-state index contributed by atoms with van der Waals surface area (Å²) in [6.07, 6.45) is -2.06. The molecule has 0 spiro atoms. The number of carbonyl (C=O) groups is 1. The van der Waals surface area contributed by atoms with Crippen LogP contribution in [0.1, 0.15) is 22.5 Å². The highest BCUT2D eigenvalue weighted by Gasteiger charge is 2.30. The van der Waals surface area contributed by atoms with Gasteiger partial charge in [-0.3, -0.25) is 4.79 Å². The van der Waals surface area contributed by atoms with Crippen molar-refractivity contribution in [1.82, 2.24) is 20.0 Å². The van der Waals surface area contributed by atoms with Crippen LogP contribution in [0.2, 0.25) is 0 Å². The lowest BCUT2D eigenvalue weighted by molar-refractivity contribution is -0.137. The Bertz CT molecular complexity index is 724. The molecule has 0 unspecified atom stereocenters. The van der Waals surface area contributed by atoms with E-state index in [4.69, 9.17) is 0 Å². The maximum absolute atomic E-state index is 12.8. The van der Waals surface area contributed by atoms with E-state index in [0.717, 1.165) is 31.6 Å². The maximum atomic E-state index is 12.8. The van der Waals surface area contributed by atoms with Gasteiger partial charge in [0, 0.05) is 25.8 Å². The van der Waals surface area contributed by atoms with Crippen molar-refractivity contribution in [2.24, 2.45) is 0 Å². The van der Waals surface area contributed by atoms with Crippen LogP contribution in [-0.2, 0) is 6.18 Å². The Kier molecular flexibility index (Phi) is 6.07. The third kappa shape index (κ3) is 4.52. The predicted octanol–water partition coefficient (Wildman–Crippen LogP) is 2.75. The highest BCUT2D eigenvalue weighted by atomic mass is 35.5. The van der Waals surface area contributed by atoms with Crippen LogP contribution >= 0.6 is 12.4 Å². The van der Waals surface area contributed by atoms with Gasteiger partial charge in [-0.25, -0.2) is 4.68 Å². The first kappa shape index (κ1) is 19.3. The lowest BCUT2D eigenvalue weighted by Crippen LogP contribution is -2.34. The number of halogens is 4. The van der Waals surface area contributed by atoms with Gasteiger partial charge in [0.1, 0.15) is 0 Å². The zero-order chi connectivity index (χ0) is 17.2. The summed E-state index contributed by atoms with van der Waals surface area (Å²) in [5.74, 6) is -0.204. The molecular weight excluding hydrogens is 357 g/mol. The van der Waals surface area contributed by atoms with Gasteiger partial charge in [0.25, 0.3) is 5.91 Å². The van der Waals surface area contributed by atoms with Crippen molar-refractivity contribution >= 4 is 18.3 Å². The maximum Gasteiger partial charge on any atom is 0.416 e. The van der Waals surface area contributed by atoms with Crippen molar-refractivity contribution in [3.63, 3.8) is 0 Å². The molecule has 0 aliphatic carbocycles. The fraction of sp³-hybridized carbons (Fsp3) is 0.375. The third-order valence-electron chi connectivity index (χ3n) is 3.87. The summed E-state index contributed by atoms with van der Waals surface area (Å²) < 4.78 is 39.7. The van der Waals surface area contributed by atoms with E-state index in [2.05, 4.69) is 10.4 Å². The normalized spacial score (nSPS) is 15.4. The first-order chi connectivity index (χ1) is 11.4. The summed E-state index contributed by atoms with van der Waals surface area (Å²) in [6.45, 7) is 2.82. The first-order valence-corrected chi connectivity index (χ1v) is 7.68. The van der Waals surface area contributed by atoms with Crippen LogP contribution in [-0.4, -0.2) is 46.8 Å². The minimum Gasteiger partial charge on any atom is -0.336 e. The molecule has 9 heteroatoms. The van der Waals surface area contributed by atoms with E-state index in [-0.39, 0.29) is 29.7 Å². The number of amides is 1. The number of benzene rings is 1. The second-order valence-corrected chi connectivity index (χ2v) is 5.59. The topological polar surface area (TPSA) is 50.2 Å². The molecule has 5 nitrogen and oxygen atoms in total. The van der Waals surface area contributed by atoms with Crippen LogP contribution in [0, 0.1) is 0 Å². The van der Waals surface area contributed by atoms with Gasteiger partial charge in [-0.2, -0.15) is 18.3 Å². The van der Waals surface area contributed by atoms with Crippen LogP contribution in [0.5, 0.6) is 0 Å². The summed E-state index contributed by atoms with van der Waals surface area (Å²) in [7, 11) is 0. The molecular formula is C16H18ClF3N4O. The Labute approximate surface area is 149 Å². The van der Waals surface area contributed by atoms with Gasteiger partial charge in [0.2, 0.25) is 0 Å². The molecule has 0 atom stereocenters. The number of hydrogen-bond donors (Lipinski definition) is 1. The summed E-state index contributed by atoms with van der Waals surface area (Å²) in [6, 6.07) is 6.38. The lowest BCUT2D eigenvalue weighted by atomic mass is 10.2. The van der Waals surface area contributed by atoms with E-state index in [0.29, 0.717) is 13.1 Å². The van der Waals surface area contributed by atoms with Crippen LogP contribution in [0.25, 0.3) is 5.69 Å². The van der Waals surface area contributed by atoms with Gasteiger partial charge in [-0.05, 0) is 37.2 Å². The zero-order valence-corrected chi connectivity index (χ0v) is 14.1. The Morgan fingerprint density at radius 2 is 1.96 bits per heavy atom. The van der Waals surface area contributed by atoms with E-state index in [1.165, 1.54) is 29.1 Å². The van der Waals surface area contributed by atoms with Crippen LogP contribution in [0.4, 0.5) is 13.2 Å². The molecule has 0 saturated carbocycles. The average molecular weight is 375 g/mol. The molecule has 2 heterocycles. The number of carbonyl (C=O) groups excluding carboxylic acids is 1. The van der Waals surface area contributed by atoms with Gasteiger partial charge in [-0.1, -0.05) is 6.07 Å². The molecule has 1 aromatic carbocycles. The van der Waals surface area contributed by atoms with Crippen molar-refractivity contribution in [2.75, 3.05) is 26.2 Å². The van der Waals surface area contributed by atoms with Crippen molar-refractivity contribution in [1.29, 1.82) is 0 Å². The van der Waals surface area contributed by atoms with Gasteiger partial charge in [-0.15, -0.1) is 12.4 Å². The lowest BCUT2D eigenvalue weighted by Gasteiger charge is -2.18. The molecule has 1 aliphatic rings. The van der Waals surface area contributed by atoms with Crippen molar-refractivity contribution < 1.29 is 18.0 Å². The van der Waals surface area contributed by atoms with Gasteiger partial charge < -0.3 is 10.2 Å². The van der Waals surface area contributed by atoms with E-state index >= 15 is 0 Å². The average Bonchev–Trinajstić information content (AvgIpc) is 2.89. The number of alkyl halides is 3. The summed E-state index contributed by atoms with van der Waals surface area (Å²) in [5.41, 5.74) is -0.252. The minimum absolute atomic E-state index is 0. The predicted molar refractivity (Wildman–Crippen MR) is 89.2 cm³/mol. The molecule has 0 radical (unpaired) electrons. The Morgan fingerprint density at radius 3 is 2.72 bits per heavy atom. The van der Waals surface area contributed by atoms with E-state index in [1.54, 1.807) is 4.90 Å². The van der Waals surface area contributed by atoms with E-state index in [9.17, 15) is 18.0 Å². The molecule has 1 amide bonds. The SMILES string of the molecule is Cl.O=C(c1ccn(-c2cccc(C(F)(F)F)c2)n1)N1CCCNCC1. The minimum atomic E-state index is -4.42. The molecule has 25 heavy (non-hydrogen) atoms. The number of hydrogen-bond acceptors (Lipinski definition) is 3. The number of nitrogens with zero attached hydrogens (tertiary/aromatic N) is 3. The molecule has 1 aliphatic heterocycles. The molecule has 136 valence electrons. The molecule has 1 aromatic heterocycles. The number of aromatic nitrogens is 2. The fourth-order valence-corrected chi connectivity index (χ4v) is 2.62. The molecule has 3 rings (SSSR count). The third-order valence-corrected chi connectivity index (χ3v) is 3.87. The second kappa shape index (κ2) is 7.88. The Morgan fingerprint density at radius 1 is 1.16 bits per heavy atom. The monoisotopic (exact) mass is 374 g/mol. The Hall–Kier alpha value is -2.06. The molecule has 1 N–H and O–H groups in total. The van der Waals surface area contributed by atoms with Crippen molar-refractivity contribution in [2.45, 2.75) is 12.6 Å². The van der Waals surface area contributed by atoms with Gasteiger partial charge in [0.15, 0.2) is 5.69 Å². The molecule has 1 fully saturated rings. The standard InChI is InChI=1S/C16H17F3N4O.ClH/c17-16(18,19)12-3-1-4-13(11-12)23-9-5-14(21-23)15(24)22-8-2-6-20-7-10-22;/h1,3-5,9,11,20H,2,6-8,10H2;1H. The van der Waals surface area contributed by atoms with Crippen molar-refractivity contribution in [3.05, 3.63) is 47.8 Å². The smallest absolute Gasteiger partial charge is 0.336 e. The van der Waals surface area contributed by atoms with Crippen molar-refractivity contribution in [3.8, 4) is 5.69 Å². The largest absolute Gasteiger partial charge is 0.416 e. The molecule has 2 aromatic rings. The molecule has 0 bridgehead atoms. The molecule has 1 saturated heterocycles. The summed E-state index contributed by atoms with van der Waals surface area (Å²) in [5, 5.41) is 7.36. The van der Waals surface area contributed by atoms with E-state index in [1.807, 2.05) is 0 Å².